The van der Waals surface area contributed by atoms with Gasteiger partial charge in [0.15, 0.2) is 0 Å². The highest BCUT2D eigenvalue weighted by molar-refractivity contribution is 6.32. The van der Waals surface area contributed by atoms with Crippen molar-refractivity contribution in [3.05, 3.63) is 29.3 Å². The van der Waals surface area contributed by atoms with Gasteiger partial charge in [0.2, 0.25) is 5.91 Å². The molecule has 1 heterocycles. The van der Waals surface area contributed by atoms with Crippen molar-refractivity contribution in [2.75, 3.05) is 19.7 Å². The molecule has 0 aromatic heterocycles. The molecule has 92 valence electrons. The van der Waals surface area contributed by atoms with Crippen LogP contribution in [0.2, 0.25) is 5.02 Å². The first-order valence-corrected chi connectivity index (χ1v) is 6.27. The average molecular weight is 274 g/mol. The Morgan fingerprint density at radius 2 is 2.18 bits per heavy atom. The van der Waals surface area contributed by atoms with Crippen LogP contribution in [-0.4, -0.2) is 35.9 Å². The van der Waals surface area contributed by atoms with Gasteiger partial charge in [-0.15, -0.1) is 11.6 Å². The molecule has 0 saturated carbocycles. The first kappa shape index (κ1) is 12.5. The number of ether oxygens (including phenoxy) is 1. The molecule has 1 aromatic carbocycles. The molecule has 1 fully saturated rings. The number of hydrogen-bond acceptors (Lipinski definition) is 2. The fourth-order valence-corrected chi connectivity index (χ4v) is 2.26. The Hall–Kier alpha value is -0.930. The van der Waals surface area contributed by atoms with Gasteiger partial charge in [0, 0.05) is 13.0 Å². The van der Waals surface area contributed by atoms with E-state index in [0.29, 0.717) is 36.9 Å². The predicted molar refractivity (Wildman–Crippen MR) is 67.8 cm³/mol. The zero-order valence-electron chi connectivity index (χ0n) is 9.23. The molecular formula is C12H13Cl2NO2. The average Bonchev–Trinajstić information content (AvgIpc) is 2.60. The van der Waals surface area contributed by atoms with E-state index in [1.54, 1.807) is 17.0 Å². The largest absolute Gasteiger partial charge is 0.490 e. The van der Waals surface area contributed by atoms with Crippen LogP contribution in [0.25, 0.3) is 0 Å². The van der Waals surface area contributed by atoms with Crippen LogP contribution in [0.15, 0.2) is 24.3 Å². The number of halogens is 2. The minimum Gasteiger partial charge on any atom is -0.490 e. The number of likely N-dealkylation sites (tertiary alicyclic amines) is 1. The van der Waals surface area contributed by atoms with Gasteiger partial charge in [-0.05, 0) is 12.1 Å². The summed E-state index contributed by atoms with van der Waals surface area (Å²) in [6, 6.07) is 7.28. The molecule has 3 nitrogen and oxygen atoms in total. The first-order chi connectivity index (χ1) is 8.16. The van der Waals surface area contributed by atoms with Gasteiger partial charge < -0.3 is 9.64 Å². The maximum Gasteiger partial charge on any atom is 0.224 e. The number of nitrogens with zero attached hydrogens (tertiary/aromatic N) is 1. The fourth-order valence-electron chi connectivity index (χ4n) is 1.77. The summed E-state index contributed by atoms with van der Waals surface area (Å²) in [5.41, 5.74) is 0. The SMILES string of the molecule is O=C1CC(Cl)CN1CCOc1ccccc1Cl. The molecule has 1 atom stereocenters. The summed E-state index contributed by atoms with van der Waals surface area (Å²) in [5, 5.41) is 0.512. The maximum absolute atomic E-state index is 11.5. The second-order valence-corrected chi connectivity index (χ2v) is 4.94. The molecule has 1 saturated heterocycles. The molecule has 0 aliphatic carbocycles. The van der Waals surface area contributed by atoms with Crippen molar-refractivity contribution in [1.29, 1.82) is 0 Å². The predicted octanol–water partition coefficient (Wildman–Crippen LogP) is 2.56. The lowest BCUT2D eigenvalue weighted by molar-refractivity contribution is -0.128. The van der Waals surface area contributed by atoms with E-state index < -0.39 is 0 Å². The number of alkyl halides is 1. The van der Waals surface area contributed by atoms with Crippen LogP contribution in [0.3, 0.4) is 0 Å². The van der Waals surface area contributed by atoms with Gasteiger partial charge in [-0.2, -0.15) is 0 Å². The summed E-state index contributed by atoms with van der Waals surface area (Å²) in [7, 11) is 0. The number of para-hydroxylation sites is 1. The minimum atomic E-state index is -0.0668. The van der Waals surface area contributed by atoms with Gasteiger partial charge in [-0.3, -0.25) is 4.79 Å². The van der Waals surface area contributed by atoms with Crippen molar-refractivity contribution < 1.29 is 9.53 Å². The number of carbonyl (C=O) groups excluding carboxylic acids is 1. The molecule has 17 heavy (non-hydrogen) atoms. The Bertz CT molecular complexity index is 411. The molecule has 1 amide bonds. The Labute approximate surface area is 110 Å². The smallest absolute Gasteiger partial charge is 0.224 e. The topological polar surface area (TPSA) is 29.5 Å². The number of carbonyl (C=O) groups is 1. The van der Waals surface area contributed by atoms with E-state index in [9.17, 15) is 4.79 Å². The molecule has 0 spiro atoms. The van der Waals surface area contributed by atoms with Crippen molar-refractivity contribution in [3.63, 3.8) is 0 Å². The van der Waals surface area contributed by atoms with E-state index in [2.05, 4.69) is 0 Å². The molecule has 0 N–H and O–H groups in total. The number of amides is 1. The van der Waals surface area contributed by atoms with E-state index in [-0.39, 0.29) is 11.3 Å². The second kappa shape index (κ2) is 5.61. The molecule has 1 aliphatic heterocycles. The van der Waals surface area contributed by atoms with Crippen LogP contribution >= 0.6 is 23.2 Å². The molecule has 1 aromatic rings. The molecular weight excluding hydrogens is 261 g/mol. The number of rotatable bonds is 4. The summed E-state index contributed by atoms with van der Waals surface area (Å²) in [6.45, 7) is 1.58. The van der Waals surface area contributed by atoms with Crippen molar-refractivity contribution in [2.45, 2.75) is 11.8 Å². The molecule has 5 heteroatoms. The van der Waals surface area contributed by atoms with Gasteiger partial charge in [-0.1, -0.05) is 23.7 Å². The Morgan fingerprint density at radius 1 is 1.41 bits per heavy atom. The minimum absolute atomic E-state index is 0.0668. The third-order valence-electron chi connectivity index (χ3n) is 2.62. The summed E-state index contributed by atoms with van der Waals surface area (Å²) in [6.07, 6.45) is 0.424. The third-order valence-corrected chi connectivity index (χ3v) is 3.23. The second-order valence-electron chi connectivity index (χ2n) is 3.92. The van der Waals surface area contributed by atoms with Gasteiger partial charge in [0.25, 0.3) is 0 Å². The lowest BCUT2D eigenvalue weighted by Crippen LogP contribution is -2.30. The zero-order valence-corrected chi connectivity index (χ0v) is 10.7. The molecule has 1 aliphatic rings. The summed E-state index contributed by atoms with van der Waals surface area (Å²) in [5.74, 6) is 0.732. The Morgan fingerprint density at radius 3 is 2.82 bits per heavy atom. The van der Waals surface area contributed by atoms with Crippen molar-refractivity contribution in [1.82, 2.24) is 4.90 Å². The number of hydrogen-bond donors (Lipinski definition) is 0. The van der Waals surface area contributed by atoms with E-state index in [1.165, 1.54) is 0 Å². The van der Waals surface area contributed by atoms with Crippen LogP contribution < -0.4 is 4.74 Å². The molecule has 1 unspecified atom stereocenters. The zero-order chi connectivity index (χ0) is 12.3. The van der Waals surface area contributed by atoms with Gasteiger partial charge in [-0.25, -0.2) is 0 Å². The van der Waals surface area contributed by atoms with Crippen molar-refractivity contribution >= 4 is 29.1 Å². The van der Waals surface area contributed by atoms with Crippen LogP contribution in [0.5, 0.6) is 5.75 Å². The number of benzene rings is 1. The van der Waals surface area contributed by atoms with E-state index >= 15 is 0 Å². The fraction of sp³-hybridized carbons (Fsp3) is 0.417. The lowest BCUT2D eigenvalue weighted by atomic mass is 10.3. The molecule has 0 bridgehead atoms. The highest BCUT2D eigenvalue weighted by Crippen LogP contribution is 2.23. The van der Waals surface area contributed by atoms with Crippen LogP contribution in [-0.2, 0) is 4.79 Å². The van der Waals surface area contributed by atoms with E-state index in [0.717, 1.165) is 0 Å². The maximum atomic E-state index is 11.5. The van der Waals surface area contributed by atoms with Gasteiger partial charge >= 0.3 is 0 Å². The molecule has 0 radical (unpaired) electrons. The summed E-state index contributed by atoms with van der Waals surface area (Å²) in [4.78, 5) is 13.2. The van der Waals surface area contributed by atoms with Crippen molar-refractivity contribution in [2.24, 2.45) is 0 Å². The van der Waals surface area contributed by atoms with Crippen LogP contribution in [0.4, 0.5) is 0 Å². The highest BCUT2D eigenvalue weighted by Gasteiger charge is 2.27. The van der Waals surface area contributed by atoms with Crippen LogP contribution in [0, 0.1) is 0 Å². The Balaban J connectivity index is 1.80. The van der Waals surface area contributed by atoms with E-state index in [1.807, 2.05) is 12.1 Å². The lowest BCUT2D eigenvalue weighted by Gasteiger charge is -2.16. The summed E-state index contributed by atoms with van der Waals surface area (Å²) >= 11 is 11.8. The quantitative estimate of drug-likeness (QED) is 0.790. The monoisotopic (exact) mass is 273 g/mol. The van der Waals surface area contributed by atoms with Gasteiger partial charge in [0.05, 0.1) is 16.9 Å². The van der Waals surface area contributed by atoms with Crippen LogP contribution in [0.1, 0.15) is 6.42 Å². The van der Waals surface area contributed by atoms with Gasteiger partial charge in [0.1, 0.15) is 12.4 Å². The highest BCUT2D eigenvalue weighted by atomic mass is 35.5. The standard InChI is InChI=1S/C12H13Cl2NO2/c13-9-7-12(16)15(8-9)5-6-17-11-4-2-1-3-10(11)14/h1-4,9H,5-8H2. The normalized spacial score (nSPS) is 19.8. The Kier molecular flexibility index (Phi) is 4.13. The summed E-state index contributed by atoms with van der Waals surface area (Å²) < 4.78 is 5.51. The van der Waals surface area contributed by atoms with Crippen molar-refractivity contribution in [3.8, 4) is 5.75 Å². The third kappa shape index (κ3) is 3.27. The first-order valence-electron chi connectivity index (χ1n) is 5.46. The van der Waals surface area contributed by atoms with E-state index in [4.69, 9.17) is 27.9 Å². The molecule has 2 rings (SSSR count).